The summed E-state index contributed by atoms with van der Waals surface area (Å²) in [7, 11) is -3.20. The predicted octanol–water partition coefficient (Wildman–Crippen LogP) is 0.366. The molecular formula is C7H11ClN2O2S. The van der Waals surface area contributed by atoms with Gasteiger partial charge in [0.1, 0.15) is 0 Å². The minimum absolute atomic E-state index is 0. The number of sulfone groups is 1. The first-order valence-corrected chi connectivity index (χ1v) is 5.29. The van der Waals surface area contributed by atoms with E-state index in [4.69, 9.17) is 5.73 Å². The Morgan fingerprint density at radius 2 is 2.08 bits per heavy atom. The predicted molar refractivity (Wildman–Crippen MR) is 52.5 cm³/mol. The minimum atomic E-state index is -3.20. The Bertz CT molecular complexity index is 378. The second-order valence-electron chi connectivity index (χ2n) is 2.44. The van der Waals surface area contributed by atoms with E-state index < -0.39 is 9.84 Å². The summed E-state index contributed by atoms with van der Waals surface area (Å²) in [5, 5.41) is 0.0745. The zero-order valence-corrected chi connectivity index (χ0v) is 8.73. The van der Waals surface area contributed by atoms with E-state index in [1.54, 1.807) is 12.1 Å². The number of aromatic nitrogens is 1. The van der Waals surface area contributed by atoms with E-state index in [0.717, 1.165) is 6.26 Å². The molecule has 0 aromatic carbocycles. The quantitative estimate of drug-likeness (QED) is 0.785. The van der Waals surface area contributed by atoms with Crippen LogP contribution in [0, 0.1) is 0 Å². The lowest BCUT2D eigenvalue weighted by molar-refractivity contribution is 0.597. The SMILES string of the molecule is CS(=O)(=O)c1cccc(CN)n1.Cl. The third-order valence-electron chi connectivity index (χ3n) is 1.37. The van der Waals surface area contributed by atoms with Crippen molar-refractivity contribution < 1.29 is 8.42 Å². The van der Waals surface area contributed by atoms with Crippen LogP contribution in [0.4, 0.5) is 0 Å². The van der Waals surface area contributed by atoms with Crippen LogP contribution in [0.5, 0.6) is 0 Å². The molecule has 1 heterocycles. The molecule has 0 saturated carbocycles. The summed E-state index contributed by atoms with van der Waals surface area (Å²) in [5.41, 5.74) is 5.89. The standard InChI is InChI=1S/C7H10N2O2S.ClH/c1-12(10,11)7-4-2-3-6(5-8)9-7;/h2-4H,5,8H2,1H3;1H. The summed E-state index contributed by atoms with van der Waals surface area (Å²) in [5.74, 6) is 0. The molecule has 6 heteroatoms. The van der Waals surface area contributed by atoms with E-state index >= 15 is 0 Å². The van der Waals surface area contributed by atoms with Crippen molar-refractivity contribution >= 4 is 22.2 Å². The van der Waals surface area contributed by atoms with Gasteiger partial charge in [-0.3, -0.25) is 0 Å². The van der Waals surface area contributed by atoms with E-state index in [2.05, 4.69) is 4.98 Å². The fourth-order valence-corrected chi connectivity index (χ4v) is 1.39. The number of hydrogen-bond donors (Lipinski definition) is 1. The monoisotopic (exact) mass is 222 g/mol. The maximum absolute atomic E-state index is 11.0. The Kier molecular flexibility index (Phi) is 4.32. The highest BCUT2D eigenvalue weighted by Gasteiger charge is 2.07. The second kappa shape index (κ2) is 4.55. The Balaban J connectivity index is 0.00000144. The fourth-order valence-electron chi connectivity index (χ4n) is 0.778. The zero-order valence-electron chi connectivity index (χ0n) is 7.10. The second-order valence-corrected chi connectivity index (χ2v) is 4.41. The summed E-state index contributed by atoms with van der Waals surface area (Å²) in [4.78, 5) is 3.85. The first kappa shape index (κ1) is 12.3. The van der Waals surface area contributed by atoms with Crippen LogP contribution in [-0.2, 0) is 16.4 Å². The van der Waals surface area contributed by atoms with Crippen molar-refractivity contribution in [3.05, 3.63) is 23.9 Å². The molecule has 2 N–H and O–H groups in total. The molecule has 0 saturated heterocycles. The van der Waals surface area contributed by atoms with Crippen LogP contribution >= 0.6 is 12.4 Å². The van der Waals surface area contributed by atoms with Crippen LogP contribution in [0.3, 0.4) is 0 Å². The van der Waals surface area contributed by atoms with Crippen molar-refractivity contribution in [2.75, 3.05) is 6.26 Å². The van der Waals surface area contributed by atoms with Gasteiger partial charge in [-0.2, -0.15) is 0 Å². The number of nitrogens with two attached hydrogens (primary N) is 1. The summed E-state index contributed by atoms with van der Waals surface area (Å²) >= 11 is 0. The normalized spacial score (nSPS) is 10.6. The van der Waals surface area contributed by atoms with Gasteiger partial charge in [-0.05, 0) is 12.1 Å². The summed E-state index contributed by atoms with van der Waals surface area (Å²) in [6.07, 6.45) is 1.12. The highest BCUT2D eigenvalue weighted by molar-refractivity contribution is 7.90. The number of rotatable bonds is 2. The van der Waals surface area contributed by atoms with Gasteiger partial charge in [0.15, 0.2) is 14.9 Å². The molecule has 0 spiro atoms. The van der Waals surface area contributed by atoms with Crippen LogP contribution in [0.15, 0.2) is 23.2 Å². The van der Waals surface area contributed by atoms with Gasteiger partial charge in [0.05, 0.1) is 5.69 Å². The summed E-state index contributed by atoms with van der Waals surface area (Å²) in [6.45, 7) is 0.253. The molecule has 0 bridgehead atoms. The van der Waals surface area contributed by atoms with Gasteiger partial charge < -0.3 is 5.73 Å². The van der Waals surface area contributed by atoms with E-state index in [1.165, 1.54) is 6.07 Å². The van der Waals surface area contributed by atoms with Gasteiger partial charge in [0, 0.05) is 12.8 Å². The molecule has 1 aromatic rings. The third-order valence-corrected chi connectivity index (χ3v) is 2.36. The Hall–Kier alpha value is -0.650. The van der Waals surface area contributed by atoms with Crippen molar-refractivity contribution in [2.24, 2.45) is 5.73 Å². The molecule has 0 unspecified atom stereocenters. The number of pyridine rings is 1. The lowest BCUT2D eigenvalue weighted by atomic mass is 10.4. The molecule has 0 amide bonds. The van der Waals surface area contributed by atoms with Crippen molar-refractivity contribution in [3.63, 3.8) is 0 Å². The molecule has 1 aromatic heterocycles. The fraction of sp³-hybridized carbons (Fsp3) is 0.286. The highest BCUT2D eigenvalue weighted by atomic mass is 35.5. The van der Waals surface area contributed by atoms with Crippen molar-refractivity contribution in [1.29, 1.82) is 0 Å². The molecule has 0 atom stereocenters. The van der Waals surface area contributed by atoms with Crippen LogP contribution in [0.25, 0.3) is 0 Å². The highest BCUT2D eigenvalue weighted by Crippen LogP contribution is 2.05. The van der Waals surface area contributed by atoms with E-state index in [1.807, 2.05) is 0 Å². The topological polar surface area (TPSA) is 73.0 Å². The van der Waals surface area contributed by atoms with Crippen LogP contribution in [-0.4, -0.2) is 19.7 Å². The minimum Gasteiger partial charge on any atom is -0.325 e. The molecular weight excluding hydrogens is 212 g/mol. The van der Waals surface area contributed by atoms with Crippen molar-refractivity contribution in [2.45, 2.75) is 11.6 Å². The molecule has 0 radical (unpaired) electrons. The van der Waals surface area contributed by atoms with E-state index in [-0.39, 0.29) is 24.0 Å². The van der Waals surface area contributed by atoms with Gasteiger partial charge in [0.25, 0.3) is 0 Å². The van der Waals surface area contributed by atoms with Gasteiger partial charge in [0.2, 0.25) is 0 Å². The Labute approximate surface area is 83.5 Å². The molecule has 13 heavy (non-hydrogen) atoms. The molecule has 4 nitrogen and oxygen atoms in total. The van der Waals surface area contributed by atoms with Crippen molar-refractivity contribution in [1.82, 2.24) is 4.98 Å². The van der Waals surface area contributed by atoms with E-state index in [9.17, 15) is 8.42 Å². The van der Waals surface area contributed by atoms with Gasteiger partial charge in [-0.1, -0.05) is 6.07 Å². The van der Waals surface area contributed by atoms with E-state index in [0.29, 0.717) is 5.69 Å². The molecule has 74 valence electrons. The maximum atomic E-state index is 11.0. The van der Waals surface area contributed by atoms with Crippen LogP contribution in [0.2, 0.25) is 0 Å². The van der Waals surface area contributed by atoms with Gasteiger partial charge >= 0.3 is 0 Å². The van der Waals surface area contributed by atoms with Gasteiger partial charge in [-0.15, -0.1) is 12.4 Å². The van der Waals surface area contributed by atoms with Crippen LogP contribution in [0.1, 0.15) is 5.69 Å². The first-order chi connectivity index (χ1) is 5.54. The maximum Gasteiger partial charge on any atom is 0.192 e. The average Bonchev–Trinajstić information content (AvgIpc) is 2.03. The lowest BCUT2D eigenvalue weighted by Crippen LogP contribution is -2.05. The largest absolute Gasteiger partial charge is 0.325 e. The molecule has 0 fully saturated rings. The average molecular weight is 223 g/mol. The third kappa shape index (κ3) is 3.30. The van der Waals surface area contributed by atoms with Crippen LogP contribution < -0.4 is 5.73 Å². The smallest absolute Gasteiger partial charge is 0.192 e. The first-order valence-electron chi connectivity index (χ1n) is 3.40. The summed E-state index contributed by atoms with van der Waals surface area (Å²) < 4.78 is 22.0. The Morgan fingerprint density at radius 1 is 1.46 bits per heavy atom. The number of halogens is 1. The molecule has 0 aliphatic carbocycles. The summed E-state index contributed by atoms with van der Waals surface area (Å²) in [6, 6.07) is 4.77. The molecule has 0 aliphatic heterocycles. The van der Waals surface area contributed by atoms with Gasteiger partial charge in [-0.25, -0.2) is 13.4 Å². The zero-order chi connectivity index (χ0) is 9.19. The van der Waals surface area contributed by atoms with Crippen molar-refractivity contribution in [3.8, 4) is 0 Å². The number of hydrogen-bond acceptors (Lipinski definition) is 4. The molecule has 1 rings (SSSR count). The molecule has 0 aliphatic rings. The number of nitrogens with zero attached hydrogens (tertiary/aromatic N) is 1. The lowest BCUT2D eigenvalue weighted by Gasteiger charge is -1.99. The Morgan fingerprint density at radius 3 is 2.54 bits per heavy atom.